The number of rotatable bonds is 7. The number of Topliss-reactive ketones (excluding diaryl/α,β-unsaturated/α-hetero) is 1. The van der Waals surface area contributed by atoms with E-state index in [2.05, 4.69) is 10.2 Å². The molecule has 0 unspecified atom stereocenters. The van der Waals surface area contributed by atoms with Crippen LogP contribution in [0.25, 0.3) is 0 Å². The Balaban J connectivity index is 2.09. The summed E-state index contributed by atoms with van der Waals surface area (Å²) in [5, 5.41) is 17.0. The Morgan fingerprint density at radius 1 is 1.29 bits per heavy atom. The van der Waals surface area contributed by atoms with Crippen LogP contribution in [0.3, 0.4) is 0 Å². The van der Waals surface area contributed by atoms with Gasteiger partial charge in [-0.2, -0.15) is 0 Å². The maximum absolute atomic E-state index is 12.3. The van der Waals surface area contributed by atoms with Gasteiger partial charge in [0.25, 0.3) is 0 Å². The fourth-order valence-corrected chi connectivity index (χ4v) is 2.37. The number of aryl methyl sites for hydroxylation is 1. The highest BCUT2D eigenvalue weighted by molar-refractivity contribution is 7.13. The molecule has 1 aromatic heterocycles. The van der Waals surface area contributed by atoms with Crippen LogP contribution in [0.15, 0.2) is 29.8 Å². The molecular formula is C14H15N3O3S. The monoisotopic (exact) mass is 305 g/mol. The number of aromatic nitrogens is 2. The predicted octanol–water partition coefficient (Wildman–Crippen LogP) is 2.01. The van der Waals surface area contributed by atoms with Gasteiger partial charge in [-0.1, -0.05) is 41.2 Å². The quantitative estimate of drug-likeness (QED) is 0.788. The lowest BCUT2D eigenvalue weighted by molar-refractivity contribution is -0.136. The molecule has 0 bridgehead atoms. The lowest BCUT2D eigenvalue weighted by atomic mass is 10.1. The van der Waals surface area contributed by atoms with Gasteiger partial charge in [-0.25, -0.2) is 0 Å². The molecule has 110 valence electrons. The van der Waals surface area contributed by atoms with Crippen LogP contribution in [-0.4, -0.2) is 40.1 Å². The van der Waals surface area contributed by atoms with Crippen molar-refractivity contribution in [3.63, 3.8) is 0 Å². The van der Waals surface area contributed by atoms with Gasteiger partial charge in [0.1, 0.15) is 5.51 Å². The topological polar surface area (TPSA) is 83.4 Å². The maximum Gasteiger partial charge on any atom is 0.305 e. The Kier molecular flexibility index (Phi) is 4.99. The van der Waals surface area contributed by atoms with E-state index in [4.69, 9.17) is 5.11 Å². The first-order valence-corrected chi connectivity index (χ1v) is 7.27. The van der Waals surface area contributed by atoms with Crippen LogP contribution in [0, 0.1) is 6.92 Å². The molecule has 6 nitrogen and oxygen atoms in total. The van der Waals surface area contributed by atoms with Gasteiger partial charge in [0.2, 0.25) is 5.13 Å². The van der Waals surface area contributed by atoms with E-state index in [1.807, 2.05) is 19.1 Å². The van der Waals surface area contributed by atoms with Crippen LogP contribution in [0.1, 0.15) is 22.3 Å². The molecule has 0 spiro atoms. The van der Waals surface area contributed by atoms with Gasteiger partial charge >= 0.3 is 5.97 Å². The summed E-state index contributed by atoms with van der Waals surface area (Å²) in [5.74, 6) is -0.983. The molecule has 2 rings (SSSR count). The zero-order valence-electron chi connectivity index (χ0n) is 11.5. The lowest BCUT2D eigenvalue weighted by Crippen LogP contribution is -2.32. The summed E-state index contributed by atoms with van der Waals surface area (Å²) in [4.78, 5) is 24.6. The molecule has 0 saturated carbocycles. The number of ketones is 1. The van der Waals surface area contributed by atoms with E-state index in [0.717, 1.165) is 5.56 Å². The first-order valence-electron chi connectivity index (χ1n) is 6.39. The summed E-state index contributed by atoms with van der Waals surface area (Å²) >= 11 is 1.28. The fraction of sp³-hybridized carbons (Fsp3) is 0.286. The Labute approximate surface area is 126 Å². The summed E-state index contributed by atoms with van der Waals surface area (Å²) in [7, 11) is 0. The molecule has 2 aromatic rings. The third kappa shape index (κ3) is 4.35. The highest BCUT2D eigenvalue weighted by Gasteiger charge is 2.16. The SMILES string of the molecule is Cc1ccc(C(=O)CN(CCC(=O)O)c2nncs2)cc1. The van der Waals surface area contributed by atoms with Gasteiger partial charge in [-0.05, 0) is 6.92 Å². The standard InChI is InChI=1S/C14H15N3O3S/c1-10-2-4-11(5-3-10)12(18)8-17(7-6-13(19)20)14-16-15-9-21-14/h2-5,9H,6-8H2,1H3,(H,19,20). The molecule has 0 atom stereocenters. The smallest absolute Gasteiger partial charge is 0.305 e. The van der Waals surface area contributed by atoms with Crippen molar-refractivity contribution in [3.8, 4) is 0 Å². The van der Waals surface area contributed by atoms with Crippen molar-refractivity contribution in [2.24, 2.45) is 0 Å². The second-order valence-electron chi connectivity index (χ2n) is 4.58. The van der Waals surface area contributed by atoms with E-state index >= 15 is 0 Å². The summed E-state index contributed by atoms with van der Waals surface area (Å²) in [5.41, 5.74) is 3.24. The number of hydrogen-bond donors (Lipinski definition) is 1. The highest BCUT2D eigenvalue weighted by Crippen LogP contribution is 2.17. The third-order valence-electron chi connectivity index (χ3n) is 2.92. The Hall–Kier alpha value is -2.28. The molecule has 0 aliphatic rings. The number of hydrogen-bond acceptors (Lipinski definition) is 6. The predicted molar refractivity (Wildman–Crippen MR) is 79.9 cm³/mol. The number of nitrogens with zero attached hydrogens (tertiary/aromatic N) is 3. The Morgan fingerprint density at radius 2 is 2.00 bits per heavy atom. The zero-order chi connectivity index (χ0) is 15.2. The highest BCUT2D eigenvalue weighted by atomic mass is 32.1. The molecule has 21 heavy (non-hydrogen) atoms. The van der Waals surface area contributed by atoms with E-state index in [9.17, 15) is 9.59 Å². The van der Waals surface area contributed by atoms with Gasteiger partial charge in [-0.3, -0.25) is 9.59 Å². The number of benzene rings is 1. The minimum Gasteiger partial charge on any atom is -0.481 e. The normalized spacial score (nSPS) is 10.3. The van der Waals surface area contributed by atoms with Crippen molar-refractivity contribution in [2.45, 2.75) is 13.3 Å². The fourth-order valence-electron chi connectivity index (χ4n) is 1.78. The second kappa shape index (κ2) is 6.94. The number of anilines is 1. The van der Waals surface area contributed by atoms with E-state index < -0.39 is 5.97 Å². The summed E-state index contributed by atoms with van der Waals surface area (Å²) in [6.45, 7) is 2.27. The van der Waals surface area contributed by atoms with Crippen molar-refractivity contribution in [2.75, 3.05) is 18.0 Å². The number of carboxylic acids is 1. The average molecular weight is 305 g/mol. The van der Waals surface area contributed by atoms with Crippen LogP contribution in [-0.2, 0) is 4.79 Å². The molecule has 0 aliphatic carbocycles. The third-order valence-corrected chi connectivity index (χ3v) is 3.67. The molecule has 0 amide bonds. The van der Waals surface area contributed by atoms with E-state index in [0.29, 0.717) is 10.7 Å². The summed E-state index contributed by atoms with van der Waals surface area (Å²) in [6.07, 6.45) is -0.0548. The Bertz CT molecular complexity index is 611. The van der Waals surface area contributed by atoms with E-state index in [-0.39, 0.29) is 25.3 Å². The molecular weight excluding hydrogens is 290 g/mol. The van der Waals surface area contributed by atoms with Gasteiger partial charge in [0.05, 0.1) is 13.0 Å². The van der Waals surface area contributed by atoms with Gasteiger partial charge < -0.3 is 10.0 Å². The van der Waals surface area contributed by atoms with Crippen LogP contribution >= 0.6 is 11.3 Å². The Morgan fingerprint density at radius 3 is 2.57 bits per heavy atom. The number of carbonyl (C=O) groups is 2. The van der Waals surface area contributed by atoms with Crippen molar-refractivity contribution in [1.29, 1.82) is 0 Å². The molecule has 0 saturated heterocycles. The van der Waals surface area contributed by atoms with E-state index in [1.165, 1.54) is 11.3 Å². The molecule has 1 heterocycles. The average Bonchev–Trinajstić information content (AvgIpc) is 2.97. The first-order chi connectivity index (χ1) is 10.1. The van der Waals surface area contributed by atoms with Crippen LogP contribution in [0.5, 0.6) is 0 Å². The first kappa shape index (κ1) is 15.1. The number of carbonyl (C=O) groups excluding carboxylic acids is 1. The molecule has 0 fully saturated rings. The number of aliphatic carboxylic acids is 1. The van der Waals surface area contributed by atoms with Crippen molar-refractivity contribution in [1.82, 2.24) is 10.2 Å². The van der Waals surface area contributed by atoms with Crippen LogP contribution in [0.2, 0.25) is 0 Å². The van der Waals surface area contributed by atoms with Gasteiger partial charge in [-0.15, -0.1) is 10.2 Å². The zero-order valence-corrected chi connectivity index (χ0v) is 12.3. The molecule has 0 aliphatic heterocycles. The van der Waals surface area contributed by atoms with Gasteiger partial charge in [0.15, 0.2) is 5.78 Å². The largest absolute Gasteiger partial charge is 0.481 e. The summed E-state index contributed by atoms with van der Waals surface area (Å²) < 4.78 is 0. The maximum atomic E-state index is 12.3. The second-order valence-corrected chi connectivity index (χ2v) is 5.39. The lowest BCUT2D eigenvalue weighted by Gasteiger charge is -2.19. The molecule has 1 N–H and O–H groups in total. The van der Waals surface area contributed by atoms with E-state index in [1.54, 1.807) is 22.5 Å². The number of carboxylic acid groups (broad SMARTS) is 1. The molecule has 0 radical (unpaired) electrons. The molecule has 1 aromatic carbocycles. The summed E-state index contributed by atoms with van der Waals surface area (Å²) in [6, 6.07) is 7.29. The van der Waals surface area contributed by atoms with Crippen molar-refractivity contribution >= 4 is 28.2 Å². The van der Waals surface area contributed by atoms with Gasteiger partial charge in [0, 0.05) is 12.1 Å². The molecule has 7 heteroatoms. The van der Waals surface area contributed by atoms with Crippen molar-refractivity contribution in [3.05, 3.63) is 40.9 Å². The minimum absolute atomic E-state index is 0.0548. The minimum atomic E-state index is -0.910. The van der Waals surface area contributed by atoms with Crippen molar-refractivity contribution < 1.29 is 14.7 Å². The van der Waals surface area contributed by atoms with Crippen LogP contribution in [0.4, 0.5) is 5.13 Å². The van der Waals surface area contributed by atoms with Crippen LogP contribution < -0.4 is 4.90 Å².